The molecule has 0 atom stereocenters. The highest BCUT2D eigenvalue weighted by molar-refractivity contribution is 9.10. The fourth-order valence-electron chi connectivity index (χ4n) is 2.91. The van der Waals surface area contributed by atoms with Gasteiger partial charge in [-0.2, -0.15) is 10.2 Å². The number of halogens is 1. The fourth-order valence-corrected chi connectivity index (χ4v) is 3.19. The van der Waals surface area contributed by atoms with Crippen LogP contribution in [0.1, 0.15) is 29.4 Å². The first-order chi connectivity index (χ1) is 15.0. The second kappa shape index (κ2) is 10.8. The lowest BCUT2D eigenvalue weighted by Crippen LogP contribution is -2.24. The molecule has 0 saturated heterocycles. The van der Waals surface area contributed by atoms with Crippen molar-refractivity contribution in [3.8, 4) is 11.5 Å². The van der Waals surface area contributed by atoms with Crippen LogP contribution in [0.4, 0.5) is 0 Å². The Morgan fingerprint density at radius 3 is 2.61 bits per heavy atom. The quantitative estimate of drug-likeness (QED) is 0.360. The van der Waals surface area contributed by atoms with E-state index < -0.39 is 0 Å². The standard InChI is InChI=1S/C23H25BrN4O3/c1-4-30-21-12-19(10-11-20(21)31-15-18-8-6-5-7-9-18)13-25-26-22(29)14-28-17(3)23(24)16(2)27-28/h5-13H,4,14-15H2,1-3H3,(H,26,29)/b25-13+. The maximum Gasteiger partial charge on any atom is 0.261 e. The van der Waals surface area contributed by atoms with Crippen LogP contribution in [0.15, 0.2) is 58.1 Å². The molecule has 8 heteroatoms. The minimum absolute atomic E-state index is 0.0894. The molecule has 0 unspecified atom stereocenters. The molecule has 0 aliphatic rings. The Morgan fingerprint density at radius 2 is 1.94 bits per heavy atom. The van der Waals surface area contributed by atoms with Gasteiger partial charge in [0.2, 0.25) is 0 Å². The van der Waals surface area contributed by atoms with Gasteiger partial charge in [0.25, 0.3) is 5.91 Å². The summed E-state index contributed by atoms with van der Waals surface area (Å²) in [5.74, 6) is 1.02. The zero-order valence-corrected chi connectivity index (χ0v) is 19.3. The molecule has 0 aliphatic carbocycles. The van der Waals surface area contributed by atoms with Crippen LogP contribution in [0.25, 0.3) is 0 Å². The van der Waals surface area contributed by atoms with Gasteiger partial charge in [0, 0.05) is 0 Å². The van der Waals surface area contributed by atoms with E-state index in [1.54, 1.807) is 10.9 Å². The molecule has 1 amide bonds. The molecule has 0 saturated carbocycles. The molecule has 3 aromatic rings. The zero-order valence-electron chi connectivity index (χ0n) is 17.8. The van der Waals surface area contributed by atoms with E-state index in [0.717, 1.165) is 27.0 Å². The molecule has 7 nitrogen and oxygen atoms in total. The van der Waals surface area contributed by atoms with Crippen molar-refractivity contribution in [1.29, 1.82) is 0 Å². The van der Waals surface area contributed by atoms with Gasteiger partial charge in [0.15, 0.2) is 11.5 Å². The highest BCUT2D eigenvalue weighted by atomic mass is 79.9. The van der Waals surface area contributed by atoms with Crippen LogP contribution in [-0.4, -0.2) is 28.5 Å². The molecular weight excluding hydrogens is 460 g/mol. The number of amides is 1. The molecule has 1 N–H and O–H groups in total. The maximum atomic E-state index is 12.2. The van der Waals surface area contributed by atoms with Crippen LogP contribution in [0, 0.1) is 13.8 Å². The van der Waals surface area contributed by atoms with Crippen molar-refractivity contribution >= 4 is 28.1 Å². The van der Waals surface area contributed by atoms with Crippen LogP contribution < -0.4 is 14.9 Å². The average molecular weight is 485 g/mol. The Hall–Kier alpha value is -3.13. The van der Waals surface area contributed by atoms with E-state index in [1.165, 1.54) is 0 Å². The topological polar surface area (TPSA) is 77.7 Å². The highest BCUT2D eigenvalue weighted by Crippen LogP contribution is 2.29. The predicted octanol–water partition coefficient (Wildman–Crippen LogP) is 4.39. The van der Waals surface area contributed by atoms with E-state index in [2.05, 4.69) is 31.6 Å². The largest absolute Gasteiger partial charge is 0.490 e. The summed E-state index contributed by atoms with van der Waals surface area (Å²) >= 11 is 3.46. The molecule has 0 aliphatic heterocycles. The van der Waals surface area contributed by atoms with Crippen molar-refractivity contribution in [1.82, 2.24) is 15.2 Å². The number of hydrazone groups is 1. The molecule has 1 aromatic heterocycles. The summed E-state index contributed by atoms with van der Waals surface area (Å²) in [5, 5.41) is 8.37. The number of aromatic nitrogens is 2. The summed E-state index contributed by atoms with van der Waals surface area (Å²) in [4.78, 5) is 12.2. The summed E-state index contributed by atoms with van der Waals surface area (Å²) in [5.41, 5.74) is 6.12. The Kier molecular flexibility index (Phi) is 7.83. The lowest BCUT2D eigenvalue weighted by atomic mass is 10.2. The van der Waals surface area contributed by atoms with Crippen molar-refractivity contribution in [2.24, 2.45) is 5.10 Å². The average Bonchev–Trinajstić information content (AvgIpc) is 3.00. The molecule has 3 rings (SSSR count). The summed E-state index contributed by atoms with van der Waals surface area (Å²) in [7, 11) is 0. The van der Waals surface area contributed by atoms with Crippen LogP contribution >= 0.6 is 15.9 Å². The van der Waals surface area contributed by atoms with E-state index in [1.807, 2.05) is 69.3 Å². The van der Waals surface area contributed by atoms with Crippen molar-refractivity contribution < 1.29 is 14.3 Å². The number of carbonyl (C=O) groups is 1. The number of ether oxygens (including phenoxy) is 2. The summed E-state index contributed by atoms with van der Waals surface area (Å²) in [6, 6.07) is 15.5. The Bertz CT molecular complexity index is 1060. The molecule has 31 heavy (non-hydrogen) atoms. The molecule has 0 fully saturated rings. The van der Waals surface area contributed by atoms with Gasteiger partial charge in [0.1, 0.15) is 13.2 Å². The molecule has 0 bridgehead atoms. The third kappa shape index (κ3) is 6.18. The number of benzene rings is 2. The first-order valence-corrected chi connectivity index (χ1v) is 10.7. The van der Waals surface area contributed by atoms with Crippen LogP contribution in [0.5, 0.6) is 11.5 Å². The van der Waals surface area contributed by atoms with Gasteiger partial charge in [0.05, 0.1) is 28.7 Å². The van der Waals surface area contributed by atoms with Gasteiger partial charge in [-0.15, -0.1) is 0 Å². The minimum Gasteiger partial charge on any atom is -0.490 e. The third-order valence-corrected chi connectivity index (χ3v) is 5.64. The zero-order chi connectivity index (χ0) is 22.2. The molecule has 1 heterocycles. The van der Waals surface area contributed by atoms with Gasteiger partial charge in [-0.1, -0.05) is 30.3 Å². The first kappa shape index (κ1) is 22.6. The Balaban J connectivity index is 1.61. The lowest BCUT2D eigenvalue weighted by molar-refractivity contribution is -0.121. The second-order valence-corrected chi connectivity index (χ2v) is 7.64. The summed E-state index contributed by atoms with van der Waals surface area (Å²) < 4.78 is 14.2. The second-order valence-electron chi connectivity index (χ2n) is 6.85. The Morgan fingerprint density at radius 1 is 1.16 bits per heavy atom. The summed E-state index contributed by atoms with van der Waals surface area (Å²) in [6.07, 6.45) is 1.57. The molecule has 162 valence electrons. The van der Waals surface area contributed by atoms with Gasteiger partial charge >= 0.3 is 0 Å². The monoisotopic (exact) mass is 484 g/mol. The minimum atomic E-state index is -0.262. The molecule has 0 radical (unpaired) electrons. The number of nitrogens with zero attached hydrogens (tertiary/aromatic N) is 3. The number of hydrogen-bond acceptors (Lipinski definition) is 5. The lowest BCUT2D eigenvalue weighted by Gasteiger charge is -2.12. The molecule has 2 aromatic carbocycles. The van der Waals surface area contributed by atoms with Crippen molar-refractivity contribution in [3.05, 3.63) is 75.5 Å². The Labute approximate surface area is 190 Å². The number of nitrogens with one attached hydrogen (secondary N) is 1. The molecular formula is C23H25BrN4O3. The van der Waals surface area contributed by atoms with Gasteiger partial charge < -0.3 is 9.47 Å². The smallest absolute Gasteiger partial charge is 0.261 e. The normalized spacial score (nSPS) is 11.0. The van der Waals surface area contributed by atoms with E-state index in [-0.39, 0.29) is 12.5 Å². The van der Waals surface area contributed by atoms with E-state index >= 15 is 0 Å². The molecule has 0 spiro atoms. The van der Waals surface area contributed by atoms with Crippen molar-refractivity contribution in [2.45, 2.75) is 33.9 Å². The van der Waals surface area contributed by atoms with Gasteiger partial charge in [-0.05, 0) is 66.0 Å². The third-order valence-electron chi connectivity index (χ3n) is 4.49. The fraction of sp³-hybridized carbons (Fsp3) is 0.261. The van der Waals surface area contributed by atoms with Crippen LogP contribution in [0.3, 0.4) is 0 Å². The van der Waals surface area contributed by atoms with E-state index in [4.69, 9.17) is 9.47 Å². The SMILES string of the molecule is CCOc1cc(/C=N/NC(=O)Cn2nc(C)c(Br)c2C)ccc1OCc1ccccc1. The van der Waals surface area contributed by atoms with E-state index in [0.29, 0.717) is 24.7 Å². The number of hydrogen-bond donors (Lipinski definition) is 1. The van der Waals surface area contributed by atoms with Gasteiger partial charge in [-0.3, -0.25) is 9.48 Å². The van der Waals surface area contributed by atoms with Crippen molar-refractivity contribution in [3.63, 3.8) is 0 Å². The number of rotatable bonds is 9. The maximum absolute atomic E-state index is 12.2. The van der Waals surface area contributed by atoms with Crippen LogP contribution in [-0.2, 0) is 17.9 Å². The number of aryl methyl sites for hydroxylation is 1. The van der Waals surface area contributed by atoms with Crippen LogP contribution in [0.2, 0.25) is 0 Å². The first-order valence-electron chi connectivity index (χ1n) is 9.93. The van der Waals surface area contributed by atoms with E-state index in [9.17, 15) is 4.79 Å². The van der Waals surface area contributed by atoms with Gasteiger partial charge in [-0.25, -0.2) is 5.43 Å². The number of carbonyl (C=O) groups excluding carboxylic acids is 1. The highest BCUT2D eigenvalue weighted by Gasteiger charge is 2.11. The summed E-state index contributed by atoms with van der Waals surface area (Å²) in [6.45, 7) is 6.75. The predicted molar refractivity (Wildman–Crippen MR) is 124 cm³/mol. The van der Waals surface area contributed by atoms with Crippen molar-refractivity contribution in [2.75, 3.05) is 6.61 Å².